The lowest BCUT2D eigenvalue weighted by molar-refractivity contribution is -0.139. The number of esters is 1. The second kappa shape index (κ2) is 14.0. The van der Waals surface area contributed by atoms with Gasteiger partial charge in [0.05, 0.1) is 0 Å². The molecule has 0 aromatic heterocycles. The fourth-order valence-corrected chi connectivity index (χ4v) is 5.89. The Balaban J connectivity index is 1.61. The number of likely N-dealkylation sites (tertiary alicyclic amines) is 1. The Bertz CT molecular complexity index is 1270. The van der Waals surface area contributed by atoms with Crippen LogP contribution in [-0.4, -0.2) is 60.4 Å². The topological polar surface area (TPSA) is 88.2 Å². The molecule has 0 aliphatic carbocycles. The van der Waals surface area contributed by atoms with E-state index in [0.717, 1.165) is 72.5 Å². The second-order valence-electron chi connectivity index (χ2n) is 11.4. The Morgan fingerprint density at radius 2 is 1.76 bits per heavy atom. The Kier molecular flexibility index (Phi) is 10.4. The summed E-state index contributed by atoms with van der Waals surface area (Å²) in [6, 6.07) is 7.02. The third-order valence-electron chi connectivity index (χ3n) is 8.31. The average Bonchev–Trinajstić information content (AvgIpc) is 3.46. The van der Waals surface area contributed by atoms with Crippen LogP contribution in [0.3, 0.4) is 0 Å². The van der Waals surface area contributed by atoms with Gasteiger partial charge in [0.1, 0.15) is 24.1 Å². The number of carbonyl (C=O) groups is 3. The van der Waals surface area contributed by atoms with Crippen LogP contribution in [0, 0.1) is 20.8 Å². The van der Waals surface area contributed by atoms with Gasteiger partial charge < -0.3 is 19.7 Å². The number of nitrogens with zero attached hydrogens (tertiary/aromatic N) is 2. The zero-order valence-corrected chi connectivity index (χ0v) is 25.3. The number of anilines is 1. The molecule has 2 heterocycles. The monoisotopic (exact) mass is 563 g/mol. The first-order chi connectivity index (χ1) is 19.7. The van der Waals surface area contributed by atoms with Crippen LogP contribution in [-0.2, 0) is 20.8 Å². The van der Waals surface area contributed by atoms with Gasteiger partial charge in [-0.2, -0.15) is 0 Å². The maximum atomic E-state index is 14.1. The highest BCUT2D eigenvalue weighted by atomic mass is 16.5. The van der Waals surface area contributed by atoms with Crippen molar-refractivity contribution in [1.29, 1.82) is 0 Å². The zero-order valence-electron chi connectivity index (χ0n) is 25.3. The van der Waals surface area contributed by atoms with E-state index in [4.69, 9.17) is 9.47 Å². The van der Waals surface area contributed by atoms with Crippen LogP contribution < -0.4 is 14.8 Å². The number of ether oxygens (including phenoxy) is 2. The van der Waals surface area contributed by atoms with Gasteiger partial charge in [-0.1, -0.05) is 25.8 Å². The minimum absolute atomic E-state index is 0.00102. The standard InChI is InChI=1S/C33H45N3O5/c1-6-7-8-11-30(38)36-17-14-26-12-13-27(40-19-18-35-15-9-10-16-35)21-28(26)31(36)33(39)34-29-20-22(2)32(41-25(5)37)24(4)23(29)3/h12-13,20-21,31H,6-11,14-19H2,1-5H3,(H,34,39). The molecule has 1 fully saturated rings. The first-order valence-electron chi connectivity index (χ1n) is 15.1. The van der Waals surface area contributed by atoms with Gasteiger partial charge >= 0.3 is 5.97 Å². The van der Waals surface area contributed by atoms with E-state index in [-0.39, 0.29) is 17.8 Å². The van der Waals surface area contributed by atoms with Crippen LogP contribution in [0.1, 0.15) is 86.2 Å². The molecule has 2 amide bonds. The number of rotatable bonds is 11. The maximum Gasteiger partial charge on any atom is 0.308 e. The highest BCUT2D eigenvalue weighted by Gasteiger charge is 2.36. The van der Waals surface area contributed by atoms with Gasteiger partial charge in [0.2, 0.25) is 5.91 Å². The van der Waals surface area contributed by atoms with Crippen molar-refractivity contribution in [2.45, 2.75) is 85.6 Å². The number of fused-ring (bicyclic) bond motifs is 1. The fraction of sp³-hybridized carbons (Fsp3) is 0.545. The summed E-state index contributed by atoms with van der Waals surface area (Å²) in [6.07, 6.45) is 6.41. The quantitative estimate of drug-likeness (QED) is 0.216. The highest BCUT2D eigenvalue weighted by Crippen LogP contribution is 2.36. The van der Waals surface area contributed by atoms with Crippen molar-refractivity contribution in [3.8, 4) is 11.5 Å². The number of hydrogen-bond donors (Lipinski definition) is 1. The van der Waals surface area contributed by atoms with Crippen molar-refractivity contribution >= 4 is 23.5 Å². The van der Waals surface area contributed by atoms with E-state index in [1.807, 2.05) is 45.0 Å². The average molecular weight is 564 g/mol. The van der Waals surface area contributed by atoms with E-state index < -0.39 is 6.04 Å². The Labute approximate surface area is 244 Å². The molecule has 8 nitrogen and oxygen atoms in total. The lowest BCUT2D eigenvalue weighted by Gasteiger charge is -2.37. The Morgan fingerprint density at radius 1 is 1.00 bits per heavy atom. The number of unbranched alkanes of at least 4 members (excludes halogenated alkanes) is 2. The van der Waals surface area contributed by atoms with Gasteiger partial charge in [-0.25, -0.2) is 0 Å². The molecule has 2 aromatic rings. The van der Waals surface area contributed by atoms with Crippen molar-refractivity contribution in [2.24, 2.45) is 0 Å². The molecule has 0 radical (unpaired) electrons. The summed E-state index contributed by atoms with van der Waals surface area (Å²) in [4.78, 5) is 43.3. The van der Waals surface area contributed by atoms with Crippen LogP contribution in [0.25, 0.3) is 0 Å². The molecule has 1 saturated heterocycles. The smallest absolute Gasteiger partial charge is 0.308 e. The molecule has 8 heteroatoms. The molecule has 1 atom stereocenters. The number of aryl methyl sites for hydroxylation is 1. The summed E-state index contributed by atoms with van der Waals surface area (Å²) in [5.74, 6) is 0.584. The lowest BCUT2D eigenvalue weighted by Crippen LogP contribution is -2.45. The second-order valence-corrected chi connectivity index (χ2v) is 11.4. The van der Waals surface area contributed by atoms with Gasteiger partial charge in [0.25, 0.3) is 5.91 Å². The molecule has 1 unspecified atom stereocenters. The zero-order chi connectivity index (χ0) is 29.5. The molecular weight excluding hydrogens is 518 g/mol. The first kappa shape index (κ1) is 30.6. The highest BCUT2D eigenvalue weighted by molar-refractivity contribution is 5.99. The Hall–Kier alpha value is -3.39. The Morgan fingerprint density at radius 3 is 2.46 bits per heavy atom. The number of carbonyl (C=O) groups excluding carboxylic acids is 3. The third kappa shape index (κ3) is 7.47. The summed E-state index contributed by atoms with van der Waals surface area (Å²) >= 11 is 0. The lowest BCUT2D eigenvalue weighted by atomic mass is 9.91. The van der Waals surface area contributed by atoms with Gasteiger partial charge in [-0.15, -0.1) is 0 Å². The van der Waals surface area contributed by atoms with Crippen LogP contribution in [0.4, 0.5) is 5.69 Å². The predicted molar refractivity (Wildman–Crippen MR) is 161 cm³/mol. The molecule has 4 rings (SSSR count). The van der Waals surface area contributed by atoms with Crippen LogP contribution in [0.2, 0.25) is 0 Å². The van der Waals surface area contributed by atoms with Crippen molar-refractivity contribution in [1.82, 2.24) is 9.80 Å². The fourth-order valence-electron chi connectivity index (χ4n) is 5.89. The van der Waals surface area contributed by atoms with Gasteiger partial charge in [-0.05, 0) is 106 Å². The molecule has 41 heavy (non-hydrogen) atoms. The normalized spacial score (nSPS) is 16.8. The maximum absolute atomic E-state index is 14.1. The van der Waals surface area contributed by atoms with Crippen molar-refractivity contribution in [3.63, 3.8) is 0 Å². The van der Waals surface area contributed by atoms with Gasteiger partial charge in [0, 0.05) is 32.1 Å². The largest absolute Gasteiger partial charge is 0.492 e. The number of benzene rings is 2. The molecular formula is C33H45N3O5. The van der Waals surface area contributed by atoms with E-state index in [0.29, 0.717) is 37.4 Å². The van der Waals surface area contributed by atoms with Gasteiger partial charge in [0.15, 0.2) is 0 Å². The molecule has 2 aliphatic rings. The molecule has 222 valence electrons. The summed E-state index contributed by atoms with van der Waals surface area (Å²) in [5, 5.41) is 3.11. The van der Waals surface area contributed by atoms with Crippen molar-refractivity contribution in [3.05, 3.63) is 52.1 Å². The van der Waals surface area contributed by atoms with Gasteiger partial charge in [-0.3, -0.25) is 19.3 Å². The SMILES string of the molecule is CCCCCC(=O)N1CCc2ccc(OCCN3CCCC3)cc2C1C(=O)Nc1cc(C)c(OC(C)=O)c(C)c1C. The third-order valence-corrected chi connectivity index (χ3v) is 8.31. The summed E-state index contributed by atoms with van der Waals surface area (Å²) in [7, 11) is 0. The van der Waals surface area contributed by atoms with E-state index in [9.17, 15) is 14.4 Å². The number of nitrogens with one attached hydrogen (secondary N) is 1. The molecule has 1 N–H and O–H groups in total. The van der Waals surface area contributed by atoms with Crippen LogP contribution >= 0.6 is 0 Å². The molecule has 0 saturated carbocycles. The van der Waals surface area contributed by atoms with E-state index in [1.165, 1.54) is 19.8 Å². The molecule has 2 aromatic carbocycles. The minimum Gasteiger partial charge on any atom is -0.492 e. The molecule has 2 aliphatic heterocycles. The summed E-state index contributed by atoms with van der Waals surface area (Å²) in [5.41, 5.74) is 4.88. The van der Waals surface area contributed by atoms with E-state index in [1.54, 1.807) is 4.90 Å². The minimum atomic E-state index is -0.761. The van der Waals surface area contributed by atoms with Crippen LogP contribution in [0.5, 0.6) is 11.5 Å². The predicted octanol–water partition coefficient (Wildman–Crippen LogP) is 5.66. The first-order valence-corrected chi connectivity index (χ1v) is 15.1. The molecule has 0 spiro atoms. The van der Waals surface area contributed by atoms with E-state index >= 15 is 0 Å². The number of amides is 2. The summed E-state index contributed by atoms with van der Waals surface area (Å²) < 4.78 is 11.6. The summed E-state index contributed by atoms with van der Waals surface area (Å²) in [6.45, 7) is 13.3. The van der Waals surface area contributed by atoms with Crippen molar-refractivity contribution < 1.29 is 23.9 Å². The van der Waals surface area contributed by atoms with Crippen molar-refractivity contribution in [2.75, 3.05) is 38.1 Å². The van der Waals surface area contributed by atoms with E-state index in [2.05, 4.69) is 17.1 Å². The van der Waals surface area contributed by atoms with Crippen LogP contribution in [0.15, 0.2) is 24.3 Å². The number of hydrogen-bond acceptors (Lipinski definition) is 6. The molecule has 0 bridgehead atoms.